The summed E-state index contributed by atoms with van der Waals surface area (Å²) in [4.78, 5) is 12.0. The molecule has 6 heteroatoms. The number of rotatable bonds is 3. The third kappa shape index (κ3) is 3.14. The highest BCUT2D eigenvalue weighted by Gasteiger charge is 2.06. The quantitative estimate of drug-likeness (QED) is 0.501. The van der Waals surface area contributed by atoms with Crippen LogP contribution in [0.15, 0.2) is 52.3 Å². The summed E-state index contributed by atoms with van der Waals surface area (Å²) in [5, 5.41) is 19.9. The predicted octanol–water partition coefficient (Wildman–Crippen LogP) is 4.06. The van der Waals surface area contributed by atoms with Crippen LogP contribution in [0.4, 0.5) is 5.69 Å². The molecular weight excluding hydrogens is 365 g/mol. The Morgan fingerprint density at radius 1 is 1.11 bits per heavy atom. The first-order chi connectivity index (χ1) is 8.56. The lowest BCUT2D eigenvalue weighted by Gasteiger charge is -2.03. The Morgan fingerprint density at radius 3 is 2.28 bits per heavy atom. The van der Waals surface area contributed by atoms with Crippen molar-refractivity contribution in [1.82, 2.24) is 0 Å². The second-order valence-corrected chi connectivity index (χ2v) is 5.78. The average molecular weight is 373 g/mol. The largest absolute Gasteiger partial charge is 0.507 e. The number of non-ortho nitro benzene ring substituents is 1. The molecule has 4 nitrogen and oxygen atoms in total. The summed E-state index contributed by atoms with van der Waals surface area (Å²) in [6.45, 7) is 0. The lowest BCUT2D eigenvalue weighted by Crippen LogP contribution is -1.86. The summed E-state index contributed by atoms with van der Waals surface area (Å²) >= 11 is 3.55. The van der Waals surface area contributed by atoms with Gasteiger partial charge in [0.2, 0.25) is 0 Å². The molecule has 2 aromatic carbocycles. The Morgan fingerprint density at radius 2 is 1.72 bits per heavy atom. The average Bonchev–Trinajstić information content (AvgIpc) is 2.34. The van der Waals surface area contributed by atoms with Gasteiger partial charge in [0.1, 0.15) is 5.75 Å². The first-order valence-electron chi connectivity index (χ1n) is 4.97. The van der Waals surface area contributed by atoms with Crippen molar-refractivity contribution >= 4 is 40.0 Å². The van der Waals surface area contributed by atoms with Crippen molar-refractivity contribution in [2.24, 2.45) is 0 Å². The van der Waals surface area contributed by atoms with Gasteiger partial charge < -0.3 is 5.11 Å². The second-order valence-electron chi connectivity index (χ2n) is 3.47. The van der Waals surface area contributed by atoms with E-state index in [-0.39, 0.29) is 11.4 Å². The van der Waals surface area contributed by atoms with E-state index in [1.54, 1.807) is 18.2 Å². The first-order valence-corrected chi connectivity index (χ1v) is 6.86. The van der Waals surface area contributed by atoms with Gasteiger partial charge in [-0.25, -0.2) is 0 Å². The predicted molar refractivity (Wildman–Crippen MR) is 78.0 cm³/mol. The molecule has 18 heavy (non-hydrogen) atoms. The number of hydrogen-bond donors (Lipinski definition) is 1. The van der Waals surface area contributed by atoms with Crippen molar-refractivity contribution in [2.45, 2.75) is 9.79 Å². The molecule has 0 heterocycles. The number of benzene rings is 2. The first kappa shape index (κ1) is 13.2. The number of phenolic OH excluding ortho intramolecular Hbond substituents is 1. The van der Waals surface area contributed by atoms with Crippen LogP contribution < -0.4 is 0 Å². The minimum Gasteiger partial charge on any atom is -0.507 e. The van der Waals surface area contributed by atoms with Crippen LogP contribution in [0.3, 0.4) is 0 Å². The summed E-state index contributed by atoms with van der Waals surface area (Å²) in [5.74, 6) is 0.253. The fourth-order valence-electron chi connectivity index (χ4n) is 1.32. The molecule has 0 atom stereocenters. The van der Waals surface area contributed by atoms with E-state index in [1.165, 1.54) is 23.9 Å². The smallest absolute Gasteiger partial charge is 0.269 e. The van der Waals surface area contributed by atoms with Gasteiger partial charge in [-0.1, -0.05) is 11.8 Å². The van der Waals surface area contributed by atoms with E-state index in [0.717, 1.165) is 13.4 Å². The Bertz CT molecular complexity index is 586. The van der Waals surface area contributed by atoms with Gasteiger partial charge in [-0.2, -0.15) is 0 Å². The zero-order valence-electron chi connectivity index (χ0n) is 9.04. The summed E-state index contributed by atoms with van der Waals surface area (Å²) in [6, 6.07) is 11.7. The maximum Gasteiger partial charge on any atom is 0.269 e. The summed E-state index contributed by atoms with van der Waals surface area (Å²) in [7, 11) is 0. The van der Waals surface area contributed by atoms with E-state index in [4.69, 9.17) is 0 Å². The van der Waals surface area contributed by atoms with Crippen LogP contribution >= 0.6 is 34.4 Å². The number of phenols is 1. The Hall–Kier alpha value is -1.28. The van der Waals surface area contributed by atoms with Gasteiger partial charge in [0, 0.05) is 21.9 Å². The summed E-state index contributed by atoms with van der Waals surface area (Å²) in [6.07, 6.45) is 0. The molecule has 0 saturated carbocycles. The summed E-state index contributed by atoms with van der Waals surface area (Å²) in [5.41, 5.74) is 0.0830. The van der Waals surface area contributed by atoms with Crippen LogP contribution in [-0.2, 0) is 0 Å². The molecule has 0 aliphatic carbocycles. The molecule has 0 bridgehead atoms. The monoisotopic (exact) mass is 373 g/mol. The van der Waals surface area contributed by atoms with Crippen molar-refractivity contribution in [3.05, 3.63) is 56.1 Å². The maximum absolute atomic E-state index is 10.5. The third-order valence-electron chi connectivity index (χ3n) is 2.20. The highest BCUT2D eigenvalue weighted by molar-refractivity contribution is 14.1. The number of nitro groups is 1. The van der Waals surface area contributed by atoms with Crippen molar-refractivity contribution in [1.29, 1.82) is 0 Å². The fourth-order valence-corrected chi connectivity index (χ4v) is 2.91. The van der Waals surface area contributed by atoms with E-state index >= 15 is 0 Å². The molecule has 0 spiro atoms. The van der Waals surface area contributed by atoms with Gasteiger partial charge in [-0.15, -0.1) is 0 Å². The van der Waals surface area contributed by atoms with Crippen LogP contribution in [0, 0.1) is 13.7 Å². The van der Waals surface area contributed by atoms with Crippen LogP contribution in [-0.4, -0.2) is 10.0 Å². The molecule has 1 N–H and O–H groups in total. The Balaban J connectivity index is 2.18. The van der Waals surface area contributed by atoms with Gasteiger partial charge in [0.15, 0.2) is 0 Å². The molecule has 0 amide bonds. The number of hydrogen-bond acceptors (Lipinski definition) is 4. The molecule has 0 radical (unpaired) electrons. The number of nitrogens with zero attached hydrogens (tertiary/aromatic N) is 1. The Kier molecular flexibility index (Phi) is 4.07. The summed E-state index contributed by atoms with van der Waals surface area (Å²) < 4.78 is 0.777. The van der Waals surface area contributed by atoms with E-state index < -0.39 is 4.92 Å². The zero-order chi connectivity index (χ0) is 13.1. The Labute approximate surface area is 121 Å². The van der Waals surface area contributed by atoms with E-state index in [9.17, 15) is 15.2 Å². The number of aromatic hydroxyl groups is 1. The van der Waals surface area contributed by atoms with Crippen LogP contribution in [0.2, 0.25) is 0 Å². The molecule has 0 aliphatic rings. The van der Waals surface area contributed by atoms with Crippen molar-refractivity contribution in [3.8, 4) is 5.75 Å². The van der Waals surface area contributed by atoms with Gasteiger partial charge >= 0.3 is 0 Å². The van der Waals surface area contributed by atoms with Crippen molar-refractivity contribution in [3.63, 3.8) is 0 Å². The number of nitro benzene ring substituents is 1. The van der Waals surface area contributed by atoms with Gasteiger partial charge in [-0.3, -0.25) is 10.1 Å². The molecule has 0 unspecified atom stereocenters. The lowest BCUT2D eigenvalue weighted by atomic mass is 10.3. The molecule has 0 fully saturated rings. The highest BCUT2D eigenvalue weighted by atomic mass is 127. The van der Waals surface area contributed by atoms with Crippen molar-refractivity contribution in [2.75, 3.05) is 0 Å². The van der Waals surface area contributed by atoms with Gasteiger partial charge in [-0.05, 0) is 52.9 Å². The minimum absolute atomic E-state index is 0.0830. The molecular formula is C12H8INO3S. The SMILES string of the molecule is O=[N+]([O-])c1ccc(Sc2ccc(O)c(I)c2)cc1. The molecule has 0 aromatic heterocycles. The molecule has 0 saturated heterocycles. The topological polar surface area (TPSA) is 63.4 Å². The zero-order valence-corrected chi connectivity index (χ0v) is 12.0. The van der Waals surface area contributed by atoms with E-state index in [1.807, 2.05) is 12.1 Å². The lowest BCUT2D eigenvalue weighted by molar-refractivity contribution is -0.384. The maximum atomic E-state index is 10.5. The fraction of sp³-hybridized carbons (Fsp3) is 0. The molecule has 0 aliphatic heterocycles. The van der Waals surface area contributed by atoms with Gasteiger partial charge in [0.05, 0.1) is 8.49 Å². The number of halogens is 1. The van der Waals surface area contributed by atoms with Crippen molar-refractivity contribution < 1.29 is 10.0 Å². The minimum atomic E-state index is -0.419. The normalized spacial score (nSPS) is 10.3. The van der Waals surface area contributed by atoms with Gasteiger partial charge in [0.25, 0.3) is 5.69 Å². The molecule has 92 valence electrons. The van der Waals surface area contributed by atoms with Crippen LogP contribution in [0.1, 0.15) is 0 Å². The van der Waals surface area contributed by atoms with E-state index in [2.05, 4.69) is 22.6 Å². The van der Waals surface area contributed by atoms with Crippen LogP contribution in [0.25, 0.3) is 0 Å². The molecule has 2 aromatic rings. The second kappa shape index (κ2) is 5.57. The molecule has 2 rings (SSSR count). The third-order valence-corrected chi connectivity index (χ3v) is 4.06. The van der Waals surface area contributed by atoms with E-state index in [0.29, 0.717) is 0 Å². The highest BCUT2D eigenvalue weighted by Crippen LogP contribution is 2.32. The van der Waals surface area contributed by atoms with Crippen LogP contribution in [0.5, 0.6) is 5.75 Å². The standard InChI is InChI=1S/C12H8INO3S/c13-11-7-10(5-6-12(11)15)18-9-3-1-8(2-4-9)14(16)17/h1-7,15H.